The molecule has 0 aliphatic rings. The van der Waals surface area contributed by atoms with Crippen molar-refractivity contribution in [1.29, 1.82) is 0 Å². The van der Waals surface area contributed by atoms with Crippen molar-refractivity contribution in [3.63, 3.8) is 0 Å². The van der Waals surface area contributed by atoms with E-state index in [1.54, 1.807) is 24.3 Å². The SMILES string of the molecule is COc1ccc(Cl)cc1NC(=O)Nc1sc(C(C)C)cc1C(N)=O. The summed E-state index contributed by atoms with van der Waals surface area (Å²) in [6.45, 7) is 3.99. The average molecular weight is 368 g/mol. The Morgan fingerprint density at radius 3 is 2.54 bits per heavy atom. The molecule has 24 heavy (non-hydrogen) atoms. The first-order chi connectivity index (χ1) is 11.3. The van der Waals surface area contributed by atoms with Gasteiger partial charge in [0.1, 0.15) is 10.8 Å². The molecule has 1 aromatic heterocycles. The van der Waals surface area contributed by atoms with Crippen molar-refractivity contribution in [2.45, 2.75) is 19.8 Å². The summed E-state index contributed by atoms with van der Waals surface area (Å²) in [5.74, 6) is 0.104. The van der Waals surface area contributed by atoms with Crippen molar-refractivity contribution in [3.8, 4) is 5.75 Å². The lowest BCUT2D eigenvalue weighted by molar-refractivity contribution is 0.100. The zero-order chi connectivity index (χ0) is 17.9. The number of nitrogens with two attached hydrogens (primary N) is 1. The molecule has 0 aliphatic heterocycles. The van der Waals surface area contributed by atoms with Crippen molar-refractivity contribution in [3.05, 3.63) is 39.7 Å². The van der Waals surface area contributed by atoms with Gasteiger partial charge < -0.3 is 15.8 Å². The second kappa shape index (κ2) is 7.55. The molecule has 1 heterocycles. The number of amides is 3. The van der Waals surface area contributed by atoms with Crippen molar-refractivity contribution in [1.82, 2.24) is 0 Å². The second-order valence-electron chi connectivity index (χ2n) is 5.33. The number of carbonyl (C=O) groups is 2. The number of carbonyl (C=O) groups excluding carboxylic acids is 2. The largest absolute Gasteiger partial charge is 0.495 e. The van der Waals surface area contributed by atoms with E-state index in [0.717, 1.165) is 4.88 Å². The fraction of sp³-hybridized carbons (Fsp3) is 0.250. The maximum absolute atomic E-state index is 12.2. The molecule has 0 saturated heterocycles. The fourth-order valence-corrected chi connectivity index (χ4v) is 3.24. The lowest BCUT2D eigenvalue weighted by atomic mass is 10.1. The van der Waals surface area contributed by atoms with E-state index < -0.39 is 11.9 Å². The number of methoxy groups -OCH3 is 1. The minimum atomic E-state index is -0.589. The van der Waals surface area contributed by atoms with Crippen LogP contribution in [0.3, 0.4) is 0 Å². The van der Waals surface area contributed by atoms with Gasteiger partial charge in [-0.25, -0.2) is 4.79 Å². The highest BCUT2D eigenvalue weighted by molar-refractivity contribution is 7.16. The molecule has 0 unspecified atom stereocenters. The van der Waals surface area contributed by atoms with E-state index in [2.05, 4.69) is 10.6 Å². The number of thiophene rings is 1. The average Bonchev–Trinajstić information content (AvgIpc) is 2.91. The van der Waals surface area contributed by atoms with E-state index in [4.69, 9.17) is 22.1 Å². The molecule has 6 nitrogen and oxygen atoms in total. The molecule has 8 heteroatoms. The van der Waals surface area contributed by atoms with Crippen molar-refractivity contribution < 1.29 is 14.3 Å². The normalized spacial score (nSPS) is 10.5. The summed E-state index contributed by atoms with van der Waals surface area (Å²) < 4.78 is 5.18. The van der Waals surface area contributed by atoms with Crippen LogP contribution in [0, 0.1) is 0 Å². The van der Waals surface area contributed by atoms with Crippen molar-refractivity contribution in [2.75, 3.05) is 17.7 Å². The van der Waals surface area contributed by atoms with Crippen LogP contribution in [0.15, 0.2) is 24.3 Å². The molecule has 0 saturated carbocycles. The van der Waals surface area contributed by atoms with Crippen LogP contribution < -0.4 is 21.1 Å². The minimum absolute atomic E-state index is 0.222. The summed E-state index contributed by atoms with van der Waals surface area (Å²) in [5, 5.41) is 6.17. The second-order valence-corrected chi connectivity index (χ2v) is 6.85. The molecule has 2 aromatic rings. The van der Waals surface area contributed by atoms with E-state index in [9.17, 15) is 9.59 Å². The molecule has 2 rings (SSSR count). The molecular formula is C16H18ClN3O3S. The van der Waals surface area contributed by atoms with Crippen LogP contribution in [0.1, 0.15) is 35.0 Å². The van der Waals surface area contributed by atoms with Crippen LogP contribution in [0.4, 0.5) is 15.5 Å². The predicted octanol–water partition coefficient (Wildman–Crippen LogP) is 4.28. The lowest BCUT2D eigenvalue weighted by Crippen LogP contribution is -2.21. The van der Waals surface area contributed by atoms with Crippen LogP contribution >= 0.6 is 22.9 Å². The van der Waals surface area contributed by atoms with Gasteiger partial charge in [0.05, 0.1) is 18.4 Å². The number of urea groups is 1. The van der Waals surface area contributed by atoms with E-state index in [1.165, 1.54) is 18.4 Å². The number of halogens is 1. The Morgan fingerprint density at radius 2 is 1.96 bits per heavy atom. The third-order valence-electron chi connectivity index (χ3n) is 3.22. The number of benzene rings is 1. The Balaban J connectivity index is 2.21. The van der Waals surface area contributed by atoms with E-state index in [1.807, 2.05) is 13.8 Å². The van der Waals surface area contributed by atoms with Gasteiger partial charge in [-0.2, -0.15) is 0 Å². The first kappa shape index (κ1) is 18.1. The smallest absolute Gasteiger partial charge is 0.324 e. The molecule has 0 bridgehead atoms. The van der Waals surface area contributed by atoms with E-state index in [0.29, 0.717) is 21.5 Å². The zero-order valence-corrected chi connectivity index (χ0v) is 15.0. The Hall–Kier alpha value is -2.25. The summed E-state index contributed by atoms with van der Waals surface area (Å²) in [6.07, 6.45) is 0. The van der Waals surface area contributed by atoms with Gasteiger partial charge in [-0.15, -0.1) is 11.3 Å². The van der Waals surface area contributed by atoms with E-state index in [-0.39, 0.29) is 11.5 Å². The maximum atomic E-state index is 12.2. The van der Waals surface area contributed by atoms with Crippen molar-refractivity contribution in [2.24, 2.45) is 5.73 Å². The predicted molar refractivity (Wildman–Crippen MR) is 97.6 cm³/mol. The molecule has 3 amide bonds. The summed E-state index contributed by atoms with van der Waals surface area (Å²) in [7, 11) is 1.49. The standard InChI is InChI=1S/C16H18ClN3O3S/c1-8(2)13-7-10(14(18)21)15(24-13)20-16(22)19-11-6-9(17)4-5-12(11)23-3/h4-8H,1-3H3,(H2,18,21)(H2,19,20,22). The Kier molecular flexibility index (Phi) is 5.69. The van der Waals surface area contributed by atoms with Crippen LogP contribution in [0.5, 0.6) is 5.75 Å². The van der Waals surface area contributed by atoms with Gasteiger partial charge in [-0.05, 0) is 30.2 Å². The van der Waals surface area contributed by atoms with Crippen LogP contribution in [-0.4, -0.2) is 19.0 Å². The van der Waals surface area contributed by atoms with E-state index >= 15 is 0 Å². The molecular weight excluding hydrogens is 350 g/mol. The monoisotopic (exact) mass is 367 g/mol. The maximum Gasteiger partial charge on any atom is 0.324 e. The molecule has 0 spiro atoms. The van der Waals surface area contributed by atoms with Gasteiger partial charge in [-0.1, -0.05) is 25.4 Å². The van der Waals surface area contributed by atoms with Gasteiger partial charge in [0.25, 0.3) is 5.91 Å². The number of hydrogen-bond acceptors (Lipinski definition) is 4. The van der Waals surface area contributed by atoms with Crippen LogP contribution in [0.25, 0.3) is 0 Å². The molecule has 4 N–H and O–H groups in total. The summed E-state index contributed by atoms with van der Waals surface area (Å²) in [6, 6.07) is 6.06. The van der Waals surface area contributed by atoms with Gasteiger partial charge in [0, 0.05) is 9.90 Å². The highest BCUT2D eigenvalue weighted by Crippen LogP contribution is 2.33. The first-order valence-corrected chi connectivity index (χ1v) is 8.36. The van der Waals surface area contributed by atoms with Gasteiger partial charge in [-0.3, -0.25) is 10.1 Å². The van der Waals surface area contributed by atoms with Gasteiger partial charge in [0.15, 0.2) is 0 Å². The molecule has 1 aromatic carbocycles. The van der Waals surface area contributed by atoms with Crippen molar-refractivity contribution >= 4 is 45.6 Å². The quantitative estimate of drug-likeness (QED) is 0.736. The third-order valence-corrected chi connectivity index (χ3v) is 4.81. The molecule has 0 aliphatic carbocycles. The Bertz CT molecular complexity index is 774. The first-order valence-electron chi connectivity index (χ1n) is 7.17. The number of rotatable bonds is 5. The van der Waals surface area contributed by atoms with Gasteiger partial charge in [0.2, 0.25) is 0 Å². The minimum Gasteiger partial charge on any atom is -0.495 e. The summed E-state index contributed by atoms with van der Waals surface area (Å²) in [4.78, 5) is 24.8. The van der Waals surface area contributed by atoms with Gasteiger partial charge >= 0.3 is 6.03 Å². The Morgan fingerprint density at radius 1 is 1.25 bits per heavy atom. The van der Waals surface area contributed by atoms with Crippen LogP contribution in [-0.2, 0) is 0 Å². The number of hydrogen-bond donors (Lipinski definition) is 3. The molecule has 0 radical (unpaired) electrons. The molecule has 0 fully saturated rings. The highest BCUT2D eigenvalue weighted by Gasteiger charge is 2.18. The third kappa shape index (κ3) is 4.18. The topological polar surface area (TPSA) is 93.4 Å². The number of primary amides is 1. The number of ether oxygens (including phenoxy) is 1. The summed E-state index contributed by atoms with van der Waals surface area (Å²) in [5.41, 5.74) is 6.09. The fourth-order valence-electron chi connectivity index (χ4n) is 2.01. The number of anilines is 2. The molecule has 128 valence electrons. The Labute approximate surface area is 148 Å². The number of nitrogens with one attached hydrogen (secondary N) is 2. The highest BCUT2D eigenvalue weighted by atomic mass is 35.5. The lowest BCUT2D eigenvalue weighted by Gasteiger charge is -2.11. The molecule has 0 atom stereocenters. The van der Waals surface area contributed by atoms with Crippen LogP contribution in [0.2, 0.25) is 5.02 Å². The zero-order valence-electron chi connectivity index (χ0n) is 13.5. The summed E-state index contributed by atoms with van der Waals surface area (Å²) >= 11 is 7.25.